The number of rotatable bonds is 13. The number of ketones is 1. The molecule has 0 saturated heterocycles. The number of carbonyl (C=O) groups is 4. The van der Waals surface area contributed by atoms with Gasteiger partial charge in [0.25, 0.3) is 17.7 Å². The number of H-pyrrole nitrogens is 1. The van der Waals surface area contributed by atoms with Crippen molar-refractivity contribution < 1.29 is 23.9 Å². The van der Waals surface area contributed by atoms with E-state index >= 15 is 0 Å². The van der Waals surface area contributed by atoms with Crippen molar-refractivity contribution >= 4 is 69.7 Å². The minimum Gasteiger partial charge on any atom is -0.482 e. The molecule has 10 nitrogen and oxygen atoms in total. The predicted molar refractivity (Wildman–Crippen MR) is 183 cm³/mol. The largest absolute Gasteiger partial charge is 0.482 e. The molecule has 0 atom stereocenters. The lowest BCUT2D eigenvalue weighted by atomic mass is 10.0. The fourth-order valence-corrected chi connectivity index (χ4v) is 5.62. The molecule has 2 heterocycles. The molecule has 46 heavy (non-hydrogen) atoms. The lowest BCUT2D eigenvalue weighted by Gasteiger charge is -2.18. The number of Topliss-reactive ketones (excluding diaryl/α,β-unsaturated/α-hetero) is 1. The topological polar surface area (TPSA) is 133 Å². The van der Waals surface area contributed by atoms with E-state index in [-0.39, 0.29) is 45.6 Å². The summed E-state index contributed by atoms with van der Waals surface area (Å²) in [5.74, 6) is -1.17. The van der Waals surface area contributed by atoms with Gasteiger partial charge in [-0.15, -0.1) is 0 Å². The molecule has 242 valence electrons. The van der Waals surface area contributed by atoms with Crippen molar-refractivity contribution in [3.63, 3.8) is 0 Å². The normalized spacial score (nSPS) is 13.0. The van der Waals surface area contributed by atoms with Gasteiger partial charge in [0, 0.05) is 47.0 Å². The third-order valence-corrected chi connectivity index (χ3v) is 8.59. The summed E-state index contributed by atoms with van der Waals surface area (Å²) in [7, 11) is 0. The van der Waals surface area contributed by atoms with Crippen molar-refractivity contribution in [1.29, 1.82) is 0 Å². The molecule has 1 aliphatic heterocycles. The fourth-order valence-electron chi connectivity index (χ4n) is 5.16. The summed E-state index contributed by atoms with van der Waals surface area (Å²) < 4.78 is 5.57. The van der Waals surface area contributed by atoms with Crippen LogP contribution in [-0.2, 0) is 9.59 Å². The highest BCUT2D eigenvalue weighted by molar-refractivity contribution is 6.45. The van der Waals surface area contributed by atoms with Crippen LogP contribution in [0.1, 0.15) is 64.0 Å². The summed E-state index contributed by atoms with van der Waals surface area (Å²) >= 11 is 12.6. The predicted octanol–water partition coefficient (Wildman–Crippen LogP) is 6.28. The minimum atomic E-state index is -0.482. The molecule has 3 aromatic rings. The average Bonchev–Trinajstić information content (AvgIpc) is 3.48. The number of nitrogens with zero attached hydrogens (tertiary/aromatic N) is 1. The van der Waals surface area contributed by atoms with Crippen molar-refractivity contribution in [3.05, 3.63) is 86.2 Å². The third kappa shape index (κ3) is 7.52. The summed E-state index contributed by atoms with van der Waals surface area (Å²) in [5, 5.41) is 8.61. The van der Waals surface area contributed by atoms with Crippen LogP contribution in [0.5, 0.6) is 5.75 Å². The van der Waals surface area contributed by atoms with Gasteiger partial charge in [0.2, 0.25) is 0 Å². The maximum atomic E-state index is 13.0. The Balaban J connectivity index is 1.47. The molecule has 1 aromatic heterocycles. The van der Waals surface area contributed by atoms with Crippen LogP contribution in [0.25, 0.3) is 11.6 Å². The fraction of sp³-hybridized carbons (Fsp3) is 0.294. The van der Waals surface area contributed by atoms with Crippen molar-refractivity contribution in [3.8, 4) is 5.75 Å². The Morgan fingerprint density at radius 3 is 2.46 bits per heavy atom. The lowest BCUT2D eigenvalue weighted by Crippen LogP contribution is -2.35. The van der Waals surface area contributed by atoms with Crippen LogP contribution in [0, 0.1) is 13.8 Å². The van der Waals surface area contributed by atoms with Gasteiger partial charge in [-0.2, -0.15) is 0 Å². The van der Waals surface area contributed by atoms with E-state index in [1.807, 2.05) is 13.8 Å². The highest BCUT2D eigenvalue weighted by atomic mass is 35.5. The maximum absolute atomic E-state index is 13.0. The Morgan fingerprint density at radius 2 is 1.78 bits per heavy atom. The first kappa shape index (κ1) is 34.5. The molecule has 0 aliphatic carbocycles. The van der Waals surface area contributed by atoms with E-state index in [2.05, 4.69) is 46.3 Å². The first-order valence-corrected chi connectivity index (χ1v) is 15.6. The summed E-state index contributed by atoms with van der Waals surface area (Å²) in [6.07, 6.45) is 1.71. The second-order valence-electron chi connectivity index (χ2n) is 10.9. The monoisotopic (exact) mass is 665 g/mol. The molecule has 0 fully saturated rings. The zero-order valence-corrected chi connectivity index (χ0v) is 28.0. The summed E-state index contributed by atoms with van der Waals surface area (Å²) in [4.78, 5) is 56.5. The van der Waals surface area contributed by atoms with Crippen molar-refractivity contribution in [2.75, 3.05) is 43.4 Å². The molecule has 0 bridgehead atoms. The molecule has 0 saturated carbocycles. The molecule has 0 spiro atoms. The molecule has 1 aliphatic rings. The van der Waals surface area contributed by atoms with Crippen LogP contribution in [0.4, 0.5) is 11.4 Å². The number of hydrogen-bond donors (Lipinski definition) is 4. The number of benzene rings is 2. The standard InChI is InChI=1S/C34H37Cl2N5O5/c1-7-41(8-2)14-13-37-34(45)29-19(5)26(38-20(29)6)16-24-23-15-21(9-11-25(23)40-33(24)44)39-28(42)17-46-27-12-10-22(30(35)31(27)36)32(43)18(3)4/h9-12,15-16,38H,3,7-8,13-14,17H2,1-2,4-6H3,(H,37,45)(H,39,42)(H,40,44)/b24-16-. The van der Waals surface area contributed by atoms with Crippen molar-refractivity contribution in [2.24, 2.45) is 0 Å². The van der Waals surface area contributed by atoms with Gasteiger partial charge in [0.05, 0.1) is 16.2 Å². The smallest absolute Gasteiger partial charge is 0.262 e. The van der Waals surface area contributed by atoms with E-state index in [0.29, 0.717) is 51.6 Å². The SMILES string of the molecule is C=C(C)C(=O)c1ccc(OCC(=O)Nc2ccc3c(c2)/C(=C/c2[nH]c(C)c(C(=O)NCCN(CC)CC)c2C)C(=O)N3)c(Cl)c1Cl. The molecule has 0 radical (unpaired) electrons. The van der Waals surface area contributed by atoms with Crippen molar-refractivity contribution in [1.82, 2.24) is 15.2 Å². The van der Waals surface area contributed by atoms with Crippen molar-refractivity contribution in [2.45, 2.75) is 34.6 Å². The number of allylic oxidation sites excluding steroid dienone is 1. The van der Waals surface area contributed by atoms with Crippen LogP contribution in [0.15, 0.2) is 42.5 Å². The van der Waals surface area contributed by atoms with E-state index in [1.54, 1.807) is 31.2 Å². The molecule has 12 heteroatoms. The Labute approximate surface area is 278 Å². The van der Waals surface area contributed by atoms with Gasteiger partial charge >= 0.3 is 0 Å². The zero-order chi connectivity index (χ0) is 33.7. The van der Waals surface area contributed by atoms with E-state index in [0.717, 1.165) is 25.2 Å². The lowest BCUT2D eigenvalue weighted by molar-refractivity contribution is -0.118. The number of aromatic amines is 1. The number of anilines is 2. The number of nitrogens with one attached hydrogen (secondary N) is 4. The number of aromatic nitrogens is 1. The molecular weight excluding hydrogens is 629 g/mol. The van der Waals surface area contributed by atoms with Gasteiger partial charge in [0.1, 0.15) is 10.8 Å². The van der Waals surface area contributed by atoms with Crippen LogP contribution in [0.3, 0.4) is 0 Å². The van der Waals surface area contributed by atoms with E-state index < -0.39 is 5.91 Å². The van der Waals surface area contributed by atoms with Gasteiger partial charge in [0.15, 0.2) is 12.4 Å². The van der Waals surface area contributed by atoms with Gasteiger partial charge < -0.3 is 30.6 Å². The van der Waals surface area contributed by atoms with Gasteiger partial charge in [-0.25, -0.2) is 0 Å². The quantitative estimate of drug-likeness (QED) is 0.126. The van der Waals surface area contributed by atoms with E-state index in [1.165, 1.54) is 12.1 Å². The Morgan fingerprint density at radius 1 is 1.07 bits per heavy atom. The van der Waals surface area contributed by atoms with Crippen LogP contribution < -0.4 is 20.7 Å². The molecule has 3 amide bonds. The summed E-state index contributed by atoms with van der Waals surface area (Å²) in [6.45, 7) is 15.7. The van der Waals surface area contributed by atoms with Gasteiger partial charge in [-0.05, 0) is 81.4 Å². The number of halogens is 2. The van der Waals surface area contributed by atoms with E-state index in [4.69, 9.17) is 27.9 Å². The number of carbonyl (C=O) groups excluding carboxylic acids is 4. The number of amides is 3. The van der Waals surface area contributed by atoms with Crippen LogP contribution in [-0.4, -0.2) is 66.2 Å². The van der Waals surface area contributed by atoms with Gasteiger partial charge in [-0.1, -0.05) is 43.6 Å². The highest BCUT2D eigenvalue weighted by Crippen LogP contribution is 2.37. The average molecular weight is 667 g/mol. The first-order valence-electron chi connectivity index (χ1n) is 14.8. The Kier molecular flexibility index (Phi) is 11.1. The molecule has 4 N–H and O–H groups in total. The minimum absolute atomic E-state index is 0.00794. The van der Waals surface area contributed by atoms with E-state index in [9.17, 15) is 19.2 Å². The highest BCUT2D eigenvalue weighted by Gasteiger charge is 2.26. The Bertz CT molecular complexity index is 1760. The molecular formula is C34H37Cl2N5O5. The number of likely N-dealkylation sites (N-methyl/N-ethyl adjacent to an activating group) is 1. The maximum Gasteiger partial charge on any atom is 0.262 e. The second kappa shape index (κ2) is 14.8. The van der Waals surface area contributed by atoms with Crippen LogP contribution in [0.2, 0.25) is 10.0 Å². The second-order valence-corrected chi connectivity index (χ2v) is 11.7. The molecule has 0 unspecified atom stereocenters. The molecule has 2 aromatic carbocycles. The number of fused-ring (bicyclic) bond motifs is 1. The Hall–Kier alpha value is -4.38. The third-order valence-electron chi connectivity index (χ3n) is 7.72. The molecule has 4 rings (SSSR count). The zero-order valence-electron chi connectivity index (χ0n) is 26.5. The first-order chi connectivity index (χ1) is 21.9. The summed E-state index contributed by atoms with van der Waals surface area (Å²) in [6, 6.07) is 7.97. The number of aryl methyl sites for hydroxylation is 1. The summed E-state index contributed by atoms with van der Waals surface area (Å²) in [5.41, 5.74) is 5.10. The number of hydrogen-bond acceptors (Lipinski definition) is 6. The van der Waals surface area contributed by atoms with Crippen LogP contribution >= 0.6 is 23.2 Å². The van der Waals surface area contributed by atoms with Gasteiger partial charge in [-0.3, -0.25) is 19.2 Å². The number of ether oxygens (including phenoxy) is 1.